The van der Waals surface area contributed by atoms with Crippen molar-refractivity contribution in [1.82, 2.24) is 9.80 Å². The van der Waals surface area contributed by atoms with Gasteiger partial charge in [0.05, 0.1) is 0 Å². The molecule has 1 saturated heterocycles. The fraction of sp³-hybridized carbons (Fsp3) is 0.364. The van der Waals surface area contributed by atoms with E-state index in [4.69, 9.17) is 16.3 Å². The zero-order valence-corrected chi connectivity index (χ0v) is 16.8. The van der Waals surface area contributed by atoms with Gasteiger partial charge >= 0.3 is 0 Å². The van der Waals surface area contributed by atoms with Crippen LogP contribution in [0.2, 0.25) is 5.02 Å². The van der Waals surface area contributed by atoms with Gasteiger partial charge in [0, 0.05) is 36.3 Å². The van der Waals surface area contributed by atoms with Crippen LogP contribution in [0.3, 0.4) is 0 Å². The van der Waals surface area contributed by atoms with Crippen molar-refractivity contribution in [2.24, 2.45) is 0 Å². The van der Waals surface area contributed by atoms with E-state index in [1.807, 2.05) is 0 Å². The zero-order valence-electron chi connectivity index (χ0n) is 16.1. The average Bonchev–Trinajstić information content (AvgIpc) is 3.24. The van der Waals surface area contributed by atoms with E-state index in [0.717, 1.165) is 19.6 Å². The number of hydrogen-bond donors (Lipinski definition) is 0. The summed E-state index contributed by atoms with van der Waals surface area (Å²) in [5, 5.41) is 0.593. The molecule has 1 aliphatic heterocycles. The quantitative estimate of drug-likeness (QED) is 0.636. The molecule has 0 unspecified atom stereocenters. The van der Waals surface area contributed by atoms with E-state index in [0.29, 0.717) is 28.4 Å². The van der Waals surface area contributed by atoms with Gasteiger partial charge in [-0.15, -0.1) is 0 Å². The Hall–Kier alpha value is -2.37. The van der Waals surface area contributed by atoms with Crippen LogP contribution in [0.15, 0.2) is 48.5 Å². The summed E-state index contributed by atoms with van der Waals surface area (Å²) in [4.78, 5) is 28.8. The van der Waals surface area contributed by atoms with Crippen molar-refractivity contribution in [3.8, 4) is 5.75 Å². The molecule has 3 rings (SSSR count). The Morgan fingerprint density at radius 1 is 1.00 bits per heavy atom. The number of carbonyl (C=O) groups excluding carboxylic acids is 2. The highest BCUT2D eigenvalue weighted by Gasteiger charge is 2.15. The van der Waals surface area contributed by atoms with Crippen LogP contribution < -0.4 is 4.74 Å². The van der Waals surface area contributed by atoms with Gasteiger partial charge in [0.1, 0.15) is 5.75 Å². The van der Waals surface area contributed by atoms with E-state index in [-0.39, 0.29) is 18.3 Å². The predicted molar refractivity (Wildman–Crippen MR) is 110 cm³/mol. The molecule has 1 fully saturated rings. The van der Waals surface area contributed by atoms with Gasteiger partial charge in [-0.1, -0.05) is 11.6 Å². The summed E-state index contributed by atoms with van der Waals surface area (Å²) < 4.78 is 5.58. The first-order valence-corrected chi connectivity index (χ1v) is 9.90. The number of amides is 1. The topological polar surface area (TPSA) is 49.9 Å². The maximum Gasteiger partial charge on any atom is 0.260 e. The van der Waals surface area contributed by atoms with Crippen LogP contribution in [0, 0.1) is 0 Å². The molecule has 1 heterocycles. The molecule has 0 bridgehead atoms. The smallest absolute Gasteiger partial charge is 0.260 e. The average molecular weight is 401 g/mol. The number of ether oxygens (including phenoxy) is 1. The highest BCUT2D eigenvalue weighted by Crippen LogP contribution is 2.17. The molecule has 28 heavy (non-hydrogen) atoms. The maximum atomic E-state index is 12.5. The minimum atomic E-state index is -0.0825. The molecule has 0 atom stereocenters. The van der Waals surface area contributed by atoms with Gasteiger partial charge in [-0.25, -0.2) is 0 Å². The maximum absolute atomic E-state index is 12.5. The predicted octanol–water partition coefficient (Wildman–Crippen LogP) is 3.50. The number of likely N-dealkylation sites (N-methyl/N-ethyl adjacent to an activating group) is 1. The molecule has 1 amide bonds. The normalized spacial score (nSPS) is 14.1. The SMILES string of the molecule is CN(CCN1CCCC1)C(=O)COc1ccc(C(=O)c2ccc(Cl)cc2)cc1. The number of likely N-dealkylation sites (tertiary alicyclic amines) is 1. The summed E-state index contributed by atoms with van der Waals surface area (Å²) >= 11 is 5.86. The van der Waals surface area contributed by atoms with Gasteiger partial charge in [-0.2, -0.15) is 0 Å². The van der Waals surface area contributed by atoms with E-state index >= 15 is 0 Å². The van der Waals surface area contributed by atoms with Crippen LogP contribution in [-0.4, -0.2) is 61.3 Å². The van der Waals surface area contributed by atoms with Gasteiger partial charge in [0.25, 0.3) is 5.91 Å². The molecule has 6 heteroatoms. The number of halogens is 1. The third kappa shape index (κ3) is 5.57. The Balaban J connectivity index is 1.47. The van der Waals surface area contributed by atoms with Crippen molar-refractivity contribution >= 4 is 23.3 Å². The summed E-state index contributed by atoms with van der Waals surface area (Å²) in [6.45, 7) is 3.85. The minimum absolute atomic E-state index is 0.0129. The Labute approximate surface area is 170 Å². The van der Waals surface area contributed by atoms with Crippen LogP contribution in [0.1, 0.15) is 28.8 Å². The Morgan fingerprint density at radius 2 is 1.57 bits per heavy atom. The summed E-state index contributed by atoms with van der Waals surface area (Å²) in [6.07, 6.45) is 2.49. The fourth-order valence-corrected chi connectivity index (χ4v) is 3.27. The van der Waals surface area contributed by atoms with Crippen molar-refractivity contribution in [2.75, 3.05) is 39.8 Å². The summed E-state index contributed by atoms with van der Waals surface area (Å²) in [7, 11) is 1.80. The Morgan fingerprint density at radius 3 is 2.18 bits per heavy atom. The van der Waals surface area contributed by atoms with Crippen LogP contribution in [-0.2, 0) is 4.79 Å². The third-order valence-electron chi connectivity index (χ3n) is 4.96. The molecule has 1 aliphatic rings. The van der Waals surface area contributed by atoms with Gasteiger partial charge in [0.15, 0.2) is 12.4 Å². The van der Waals surface area contributed by atoms with Crippen LogP contribution in [0.25, 0.3) is 0 Å². The Bertz CT molecular complexity index is 800. The monoisotopic (exact) mass is 400 g/mol. The molecule has 2 aromatic rings. The van der Waals surface area contributed by atoms with Crippen LogP contribution >= 0.6 is 11.6 Å². The standard InChI is InChI=1S/C22H25ClN2O3/c1-24(14-15-25-12-2-3-13-25)21(26)16-28-20-10-6-18(7-11-20)22(27)17-4-8-19(23)9-5-17/h4-11H,2-3,12-16H2,1H3. The van der Waals surface area contributed by atoms with Crippen molar-refractivity contribution in [3.05, 3.63) is 64.7 Å². The molecule has 0 radical (unpaired) electrons. The van der Waals surface area contributed by atoms with Crippen molar-refractivity contribution in [1.29, 1.82) is 0 Å². The van der Waals surface area contributed by atoms with Crippen LogP contribution in [0.4, 0.5) is 0 Å². The lowest BCUT2D eigenvalue weighted by Crippen LogP contribution is -2.37. The highest BCUT2D eigenvalue weighted by molar-refractivity contribution is 6.30. The van der Waals surface area contributed by atoms with E-state index in [2.05, 4.69) is 4.90 Å². The highest BCUT2D eigenvalue weighted by atomic mass is 35.5. The molecule has 0 saturated carbocycles. The van der Waals surface area contributed by atoms with E-state index in [1.165, 1.54) is 12.8 Å². The molecular weight excluding hydrogens is 376 g/mol. The molecule has 0 aromatic heterocycles. The molecule has 5 nitrogen and oxygen atoms in total. The van der Waals surface area contributed by atoms with Gasteiger partial charge in [-0.05, 0) is 74.5 Å². The number of carbonyl (C=O) groups is 2. The second kappa shape index (κ2) is 9.71. The number of hydrogen-bond acceptors (Lipinski definition) is 4. The van der Waals surface area contributed by atoms with Gasteiger partial charge < -0.3 is 14.5 Å². The van der Waals surface area contributed by atoms with E-state index in [9.17, 15) is 9.59 Å². The third-order valence-corrected chi connectivity index (χ3v) is 5.21. The van der Waals surface area contributed by atoms with Crippen LogP contribution in [0.5, 0.6) is 5.75 Å². The number of nitrogens with zero attached hydrogens (tertiary/aromatic N) is 2. The van der Waals surface area contributed by atoms with E-state index in [1.54, 1.807) is 60.5 Å². The fourth-order valence-electron chi connectivity index (χ4n) is 3.15. The second-order valence-electron chi connectivity index (χ2n) is 7.01. The van der Waals surface area contributed by atoms with E-state index < -0.39 is 0 Å². The first-order chi connectivity index (χ1) is 13.5. The summed E-state index contributed by atoms with van der Waals surface area (Å²) in [5.41, 5.74) is 1.14. The molecule has 0 spiro atoms. The van der Waals surface area contributed by atoms with Gasteiger partial charge in [-0.3, -0.25) is 9.59 Å². The lowest BCUT2D eigenvalue weighted by Gasteiger charge is -2.21. The minimum Gasteiger partial charge on any atom is -0.484 e. The lowest BCUT2D eigenvalue weighted by molar-refractivity contribution is -0.132. The molecule has 2 aromatic carbocycles. The molecule has 0 N–H and O–H groups in total. The summed E-state index contributed by atoms with van der Waals surface area (Å²) in [5.74, 6) is 0.426. The Kier molecular flexibility index (Phi) is 7.06. The number of benzene rings is 2. The first kappa shape index (κ1) is 20.4. The number of ketones is 1. The summed E-state index contributed by atoms with van der Waals surface area (Å²) in [6, 6.07) is 13.6. The zero-order chi connectivity index (χ0) is 19.9. The lowest BCUT2D eigenvalue weighted by atomic mass is 10.0. The van der Waals surface area contributed by atoms with Crippen molar-refractivity contribution in [3.63, 3.8) is 0 Å². The number of rotatable bonds is 8. The molecule has 0 aliphatic carbocycles. The second-order valence-corrected chi connectivity index (χ2v) is 7.45. The molecule has 148 valence electrons. The molecular formula is C22H25ClN2O3. The van der Waals surface area contributed by atoms with Crippen molar-refractivity contribution in [2.45, 2.75) is 12.8 Å². The van der Waals surface area contributed by atoms with Crippen molar-refractivity contribution < 1.29 is 14.3 Å². The largest absolute Gasteiger partial charge is 0.484 e. The first-order valence-electron chi connectivity index (χ1n) is 9.52. The van der Waals surface area contributed by atoms with Gasteiger partial charge in [0.2, 0.25) is 0 Å².